The molecule has 12 heavy (non-hydrogen) atoms. The van der Waals surface area contributed by atoms with Gasteiger partial charge < -0.3 is 0 Å². The summed E-state index contributed by atoms with van der Waals surface area (Å²) in [5, 5.41) is 1.36. The van der Waals surface area contributed by atoms with E-state index in [1.807, 2.05) is 0 Å². The molecular weight excluding hydrogens is 204 g/mol. The van der Waals surface area contributed by atoms with Crippen molar-refractivity contribution in [1.29, 1.82) is 0 Å². The minimum absolute atomic E-state index is 0.944. The van der Waals surface area contributed by atoms with Crippen LogP contribution in [0.25, 0.3) is 0 Å². The molecule has 0 saturated carbocycles. The van der Waals surface area contributed by atoms with Gasteiger partial charge >= 0.3 is 0 Å². The van der Waals surface area contributed by atoms with Crippen LogP contribution in [0.1, 0.15) is 0 Å². The van der Waals surface area contributed by atoms with Crippen LogP contribution in [0, 0.1) is 0 Å². The third-order valence-corrected chi connectivity index (χ3v) is 3.33. The Bertz CT molecular complexity index is 170. The van der Waals surface area contributed by atoms with Crippen LogP contribution < -0.4 is 0 Å². The Labute approximate surface area is 77.0 Å². The van der Waals surface area contributed by atoms with E-state index in [2.05, 4.69) is 8.37 Å². The van der Waals surface area contributed by atoms with Gasteiger partial charge in [-0.3, -0.25) is 8.37 Å². The van der Waals surface area contributed by atoms with Gasteiger partial charge in [0.25, 0.3) is 22.5 Å². The first-order valence-corrected chi connectivity index (χ1v) is 5.01. The van der Waals surface area contributed by atoms with Gasteiger partial charge in [0.05, 0.1) is 14.2 Å². The van der Waals surface area contributed by atoms with Crippen LogP contribution in [0.4, 0.5) is 0 Å². The topological polar surface area (TPSA) is 59.1 Å². The van der Waals surface area contributed by atoms with Crippen molar-refractivity contribution in [2.24, 2.45) is 0 Å². The predicted octanol–water partition coefficient (Wildman–Crippen LogP) is -0.785. The lowest BCUT2D eigenvalue weighted by atomic mass is 11.2. The van der Waals surface area contributed by atoms with E-state index < -0.39 is 22.5 Å². The van der Waals surface area contributed by atoms with Crippen molar-refractivity contribution >= 4 is 22.5 Å². The lowest BCUT2D eigenvalue weighted by Gasteiger charge is -2.21. The minimum Gasteiger partial charge on any atom is -0.280 e. The lowest BCUT2D eigenvalue weighted by Crippen LogP contribution is -2.40. The second kappa shape index (κ2) is 5.73. The van der Waals surface area contributed by atoms with Gasteiger partial charge in [-0.2, -0.15) is 0 Å². The van der Waals surface area contributed by atoms with Gasteiger partial charge in [-0.15, -0.1) is 0 Å². The molecule has 0 aromatic rings. The summed E-state index contributed by atoms with van der Waals surface area (Å²) in [6.07, 6.45) is 0. The van der Waals surface area contributed by atoms with Crippen LogP contribution in [-0.4, -0.2) is 45.6 Å². The number of hydrogen-bond acceptors (Lipinski definition) is 5. The molecule has 0 rings (SSSR count). The molecule has 6 nitrogen and oxygen atoms in total. The summed E-state index contributed by atoms with van der Waals surface area (Å²) in [7, 11) is 5.65. The molecule has 2 atom stereocenters. The van der Waals surface area contributed by atoms with Gasteiger partial charge in [0, 0.05) is 14.1 Å². The number of hydrazine groups is 1. The van der Waals surface area contributed by atoms with Crippen molar-refractivity contribution in [2.75, 3.05) is 28.3 Å². The van der Waals surface area contributed by atoms with Gasteiger partial charge in [0.15, 0.2) is 0 Å². The van der Waals surface area contributed by atoms with E-state index in [9.17, 15) is 8.42 Å². The Morgan fingerprint density at radius 2 is 1.33 bits per heavy atom. The Morgan fingerprint density at radius 1 is 1.00 bits per heavy atom. The first kappa shape index (κ1) is 12.1. The van der Waals surface area contributed by atoms with Gasteiger partial charge in [-0.05, 0) is 3.82 Å². The molecule has 0 aromatic heterocycles. The van der Waals surface area contributed by atoms with Gasteiger partial charge in [-0.1, -0.05) is 0 Å². The third-order valence-electron chi connectivity index (χ3n) is 0.867. The molecule has 0 spiro atoms. The summed E-state index contributed by atoms with van der Waals surface area (Å²) in [5.41, 5.74) is 0. The third kappa shape index (κ3) is 3.25. The Kier molecular flexibility index (Phi) is 5.80. The zero-order valence-electron chi connectivity index (χ0n) is 7.34. The zero-order valence-corrected chi connectivity index (χ0v) is 8.98. The summed E-state index contributed by atoms with van der Waals surface area (Å²) in [4.78, 5) is 0. The molecule has 0 N–H and O–H groups in total. The molecule has 0 bridgehead atoms. The molecule has 0 fully saturated rings. The largest absolute Gasteiger partial charge is 0.280 e. The highest BCUT2D eigenvalue weighted by Crippen LogP contribution is 2.03. The second-order valence-electron chi connectivity index (χ2n) is 1.85. The van der Waals surface area contributed by atoms with Crippen molar-refractivity contribution < 1.29 is 16.8 Å². The fourth-order valence-electron chi connectivity index (χ4n) is 0.444. The summed E-state index contributed by atoms with van der Waals surface area (Å²) in [6.45, 7) is 0. The van der Waals surface area contributed by atoms with Crippen molar-refractivity contribution in [1.82, 2.24) is 8.83 Å². The SMILES string of the molecule is COS(=O)N(N(C)C)S(=O)OC. The molecule has 0 heterocycles. The highest BCUT2D eigenvalue weighted by atomic mass is 32.3. The van der Waals surface area contributed by atoms with Crippen molar-refractivity contribution in [3.8, 4) is 0 Å². The quantitative estimate of drug-likeness (QED) is 0.564. The fourth-order valence-corrected chi connectivity index (χ4v) is 1.99. The predicted molar refractivity (Wildman–Crippen MR) is 45.8 cm³/mol. The van der Waals surface area contributed by atoms with E-state index in [1.165, 1.54) is 19.2 Å². The van der Waals surface area contributed by atoms with Crippen LogP contribution >= 0.6 is 0 Å². The maximum atomic E-state index is 11.1. The summed E-state index contributed by atoms with van der Waals surface area (Å²) >= 11 is -3.58. The molecule has 2 unspecified atom stereocenters. The second-order valence-corrected chi connectivity index (χ2v) is 4.31. The van der Waals surface area contributed by atoms with E-state index in [0.717, 1.165) is 3.82 Å². The molecule has 0 amide bonds. The van der Waals surface area contributed by atoms with E-state index in [4.69, 9.17) is 0 Å². The van der Waals surface area contributed by atoms with E-state index >= 15 is 0 Å². The van der Waals surface area contributed by atoms with Crippen LogP contribution in [0.15, 0.2) is 0 Å². The maximum absolute atomic E-state index is 11.1. The standard InChI is InChI=1S/C4H12N2O4S2/c1-5(2)6(11(7)9-3)12(8)10-4/h1-4H3. The van der Waals surface area contributed by atoms with E-state index in [-0.39, 0.29) is 0 Å². The first-order valence-electron chi connectivity index (χ1n) is 2.94. The normalized spacial score (nSPS) is 16.8. The minimum atomic E-state index is -1.79. The van der Waals surface area contributed by atoms with Crippen molar-refractivity contribution in [3.63, 3.8) is 0 Å². The summed E-state index contributed by atoms with van der Waals surface area (Å²) in [6, 6.07) is 0. The van der Waals surface area contributed by atoms with Crippen LogP contribution in [0.3, 0.4) is 0 Å². The highest BCUT2D eigenvalue weighted by molar-refractivity contribution is 7.93. The first-order chi connectivity index (χ1) is 5.54. The lowest BCUT2D eigenvalue weighted by molar-refractivity contribution is 0.202. The molecule has 0 aliphatic heterocycles. The molecule has 8 heteroatoms. The van der Waals surface area contributed by atoms with Crippen LogP contribution in [-0.2, 0) is 30.9 Å². The van der Waals surface area contributed by atoms with Gasteiger partial charge in [-0.25, -0.2) is 13.4 Å². The molecule has 0 aliphatic rings. The van der Waals surface area contributed by atoms with Gasteiger partial charge in [0.2, 0.25) is 0 Å². The molecule has 0 aliphatic carbocycles. The summed E-state index contributed by atoms with van der Waals surface area (Å²) in [5.74, 6) is 0. The number of hydrogen-bond donors (Lipinski definition) is 0. The molecule has 0 saturated heterocycles. The maximum Gasteiger partial charge on any atom is 0.266 e. The molecule has 0 aromatic carbocycles. The van der Waals surface area contributed by atoms with E-state index in [1.54, 1.807) is 14.1 Å². The smallest absolute Gasteiger partial charge is 0.266 e. The van der Waals surface area contributed by atoms with Gasteiger partial charge in [0.1, 0.15) is 0 Å². The Hall–Kier alpha value is 0.140. The van der Waals surface area contributed by atoms with Crippen molar-refractivity contribution in [3.05, 3.63) is 0 Å². The van der Waals surface area contributed by atoms with Crippen molar-refractivity contribution in [2.45, 2.75) is 0 Å². The monoisotopic (exact) mass is 216 g/mol. The van der Waals surface area contributed by atoms with E-state index in [0.29, 0.717) is 0 Å². The molecule has 74 valence electrons. The number of rotatable bonds is 5. The molecular formula is C4H12N2O4S2. The zero-order chi connectivity index (χ0) is 9.72. The average molecular weight is 216 g/mol. The highest BCUT2D eigenvalue weighted by Gasteiger charge is 2.22. The average Bonchev–Trinajstić information content (AvgIpc) is 2.03. The van der Waals surface area contributed by atoms with Crippen LogP contribution in [0.2, 0.25) is 0 Å². The number of nitrogens with zero attached hydrogens (tertiary/aromatic N) is 2. The Morgan fingerprint density at radius 3 is 1.50 bits per heavy atom. The Balaban J connectivity index is 4.43. The fraction of sp³-hybridized carbons (Fsp3) is 1.00. The molecule has 0 radical (unpaired) electrons. The summed E-state index contributed by atoms with van der Waals surface area (Å²) < 4.78 is 32.0. The van der Waals surface area contributed by atoms with Crippen LogP contribution in [0.5, 0.6) is 0 Å².